The highest BCUT2D eigenvalue weighted by Gasteiger charge is 2.20. The van der Waals surface area contributed by atoms with Gasteiger partial charge in [-0.05, 0) is 25.0 Å². The van der Waals surface area contributed by atoms with Crippen LogP contribution in [0.15, 0.2) is 30.3 Å². The second kappa shape index (κ2) is 9.96. The summed E-state index contributed by atoms with van der Waals surface area (Å²) >= 11 is 0. The molecule has 5 heteroatoms. The van der Waals surface area contributed by atoms with Crippen LogP contribution in [0.5, 0.6) is 0 Å². The SMILES string of the molecule is CN(CCCNC(=O)CCCNC(=O)C(C)(C)C)c1ccccc1. The van der Waals surface area contributed by atoms with Crippen LogP contribution in [0.1, 0.15) is 40.0 Å². The Hall–Kier alpha value is -2.04. The van der Waals surface area contributed by atoms with Gasteiger partial charge in [0.2, 0.25) is 11.8 Å². The Kier molecular flexibility index (Phi) is 8.30. The molecule has 0 fully saturated rings. The van der Waals surface area contributed by atoms with Crippen LogP contribution in [-0.2, 0) is 9.59 Å². The molecule has 5 nitrogen and oxygen atoms in total. The fraction of sp³-hybridized carbons (Fsp3) is 0.579. The molecule has 0 aliphatic heterocycles. The summed E-state index contributed by atoms with van der Waals surface area (Å²) in [7, 11) is 2.05. The third-order valence-electron chi connectivity index (χ3n) is 3.74. The van der Waals surface area contributed by atoms with Crippen LogP contribution >= 0.6 is 0 Å². The molecular formula is C19H31N3O2. The van der Waals surface area contributed by atoms with E-state index in [1.54, 1.807) is 0 Å². The number of para-hydroxylation sites is 1. The van der Waals surface area contributed by atoms with Gasteiger partial charge in [0, 0.05) is 44.2 Å². The minimum Gasteiger partial charge on any atom is -0.375 e. The van der Waals surface area contributed by atoms with E-state index in [-0.39, 0.29) is 17.2 Å². The molecule has 1 aromatic carbocycles. The first kappa shape index (κ1) is 20.0. The molecule has 2 N–H and O–H groups in total. The zero-order chi connectivity index (χ0) is 18.0. The van der Waals surface area contributed by atoms with E-state index >= 15 is 0 Å². The summed E-state index contributed by atoms with van der Waals surface area (Å²) in [6.45, 7) is 7.74. The molecule has 0 bridgehead atoms. The number of carbonyl (C=O) groups excluding carboxylic acids is 2. The topological polar surface area (TPSA) is 61.4 Å². The minimum atomic E-state index is -0.382. The van der Waals surface area contributed by atoms with Crippen LogP contribution in [0.25, 0.3) is 0 Å². The maximum atomic E-state index is 11.8. The van der Waals surface area contributed by atoms with Gasteiger partial charge in [0.25, 0.3) is 0 Å². The van der Waals surface area contributed by atoms with Gasteiger partial charge in [-0.1, -0.05) is 39.0 Å². The summed E-state index contributed by atoms with van der Waals surface area (Å²) in [6, 6.07) is 10.2. The zero-order valence-corrected chi connectivity index (χ0v) is 15.4. The second-order valence-electron chi connectivity index (χ2n) is 7.07. The van der Waals surface area contributed by atoms with Crippen LogP contribution in [0.3, 0.4) is 0 Å². The molecule has 2 amide bonds. The molecule has 0 saturated carbocycles. The predicted molar refractivity (Wildman–Crippen MR) is 99.0 cm³/mol. The van der Waals surface area contributed by atoms with Gasteiger partial charge < -0.3 is 15.5 Å². The second-order valence-corrected chi connectivity index (χ2v) is 7.07. The Labute approximate surface area is 145 Å². The summed E-state index contributed by atoms with van der Waals surface area (Å²) < 4.78 is 0. The molecular weight excluding hydrogens is 302 g/mol. The molecule has 0 unspecified atom stereocenters. The molecule has 0 atom stereocenters. The normalized spacial score (nSPS) is 11.0. The van der Waals surface area contributed by atoms with Crippen LogP contribution < -0.4 is 15.5 Å². The Morgan fingerprint density at radius 2 is 1.62 bits per heavy atom. The zero-order valence-electron chi connectivity index (χ0n) is 15.4. The van der Waals surface area contributed by atoms with Crippen LogP contribution in [-0.4, -0.2) is 38.5 Å². The monoisotopic (exact) mass is 333 g/mol. The van der Waals surface area contributed by atoms with Crippen molar-refractivity contribution in [3.63, 3.8) is 0 Å². The highest BCUT2D eigenvalue weighted by molar-refractivity contribution is 5.81. The van der Waals surface area contributed by atoms with E-state index in [0.717, 1.165) is 13.0 Å². The van der Waals surface area contributed by atoms with E-state index in [9.17, 15) is 9.59 Å². The van der Waals surface area contributed by atoms with Crippen molar-refractivity contribution in [2.24, 2.45) is 5.41 Å². The molecule has 0 aliphatic rings. The van der Waals surface area contributed by atoms with Crippen molar-refractivity contribution in [3.8, 4) is 0 Å². The lowest BCUT2D eigenvalue weighted by Crippen LogP contribution is -2.36. The van der Waals surface area contributed by atoms with Gasteiger partial charge in [-0.15, -0.1) is 0 Å². The van der Waals surface area contributed by atoms with Gasteiger partial charge in [-0.2, -0.15) is 0 Å². The Balaban J connectivity index is 2.07. The number of carbonyl (C=O) groups is 2. The van der Waals surface area contributed by atoms with Crippen molar-refractivity contribution in [1.29, 1.82) is 0 Å². The first-order chi connectivity index (χ1) is 11.3. The number of rotatable bonds is 9. The average Bonchev–Trinajstić information content (AvgIpc) is 2.55. The molecule has 1 rings (SSSR count). The Morgan fingerprint density at radius 3 is 2.25 bits per heavy atom. The lowest BCUT2D eigenvalue weighted by molar-refractivity contribution is -0.128. The fourth-order valence-electron chi connectivity index (χ4n) is 2.16. The van der Waals surface area contributed by atoms with Gasteiger partial charge >= 0.3 is 0 Å². The summed E-state index contributed by atoms with van der Waals surface area (Å²) in [6.07, 6.45) is 2.01. The highest BCUT2D eigenvalue weighted by atomic mass is 16.2. The molecule has 1 aromatic rings. The van der Waals surface area contributed by atoms with E-state index in [2.05, 4.69) is 34.7 Å². The summed E-state index contributed by atoms with van der Waals surface area (Å²) in [5.74, 6) is 0.0641. The van der Waals surface area contributed by atoms with Crippen LogP contribution in [0.4, 0.5) is 5.69 Å². The summed E-state index contributed by atoms with van der Waals surface area (Å²) in [4.78, 5) is 25.6. The van der Waals surface area contributed by atoms with Gasteiger partial charge in [0.05, 0.1) is 0 Å². The van der Waals surface area contributed by atoms with E-state index in [0.29, 0.717) is 25.9 Å². The number of anilines is 1. The largest absolute Gasteiger partial charge is 0.375 e. The predicted octanol–water partition coefficient (Wildman–Crippen LogP) is 2.57. The van der Waals surface area contributed by atoms with Gasteiger partial charge in [0.15, 0.2) is 0 Å². The first-order valence-corrected chi connectivity index (χ1v) is 8.62. The fourth-order valence-corrected chi connectivity index (χ4v) is 2.16. The third kappa shape index (κ3) is 7.99. The van der Waals surface area contributed by atoms with Gasteiger partial charge in [-0.25, -0.2) is 0 Å². The molecule has 0 heterocycles. The maximum Gasteiger partial charge on any atom is 0.225 e. The molecule has 0 spiro atoms. The van der Waals surface area contributed by atoms with Crippen LogP contribution in [0.2, 0.25) is 0 Å². The van der Waals surface area contributed by atoms with Crippen molar-refractivity contribution >= 4 is 17.5 Å². The highest BCUT2D eigenvalue weighted by Crippen LogP contribution is 2.12. The van der Waals surface area contributed by atoms with E-state index in [1.165, 1.54) is 5.69 Å². The molecule has 0 aliphatic carbocycles. The van der Waals surface area contributed by atoms with Crippen molar-refractivity contribution in [3.05, 3.63) is 30.3 Å². The lowest BCUT2D eigenvalue weighted by atomic mass is 9.96. The van der Waals surface area contributed by atoms with Crippen molar-refractivity contribution in [1.82, 2.24) is 10.6 Å². The average molecular weight is 333 g/mol. The van der Waals surface area contributed by atoms with Crippen molar-refractivity contribution in [2.45, 2.75) is 40.0 Å². The first-order valence-electron chi connectivity index (χ1n) is 8.62. The molecule has 134 valence electrons. The number of amides is 2. The Morgan fingerprint density at radius 1 is 1.00 bits per heavy atom. The number of benzene rings is 1. The number of nitrogens with one attached hydrogen (secondary N) is 2. The minimum absolute atomic E-state index is 0.0202. The summed E-state index contributed by atoms with van der Waals surface area (Å²) in [5.41, 5.74) is 0.797. The number of nitrogens with zero attached hydrogens (tertiary/aromatic N) is 1. The van der Waals surface area contributed by atoms with Crippen molar-refractivity contribution in [2.75, 3.05) is 31.6 Å². The smallest absolute Gasteiger partial charge is 0.225 e. The molecule has 0 radical (unpaired) electrons. The molecule has 24 heavy (non-hydrogen) atoms. The third-order valence-corrected chi connectivity index (χ3v) is 3.74. The van der Waals surface area contributed by atoms with E-state index in [4.69, 9.17) is 0 Å². The lowest BCUT2D eigenvalue weighted by Gasteiger charge is -2.19. The quantitative estimate of drug-likeness (QED) is 0.683. The number of hydrogen-bond donors (Lipinski definition) is 2. The van der Waals surface area contributed by atoms with Crippen molar-refractivity contribution < 1.29 is 9.59 Å². The molecule has 0 saturated heterocycles. The van der Waals surface area contributed by atoms with Crippen LogP contribution in [0, 0.1) is 5.41 Å². The van der Waals surface area contributed by atoms with E-state index in [1.807, 2.05) is 39.0 Å². The number of hydrogen-bond acceptors (Lipinski definition) is 3. The Bertz CT molecular complexity index is 509. The van der Waals surface area contributed by atoms with Gasteiger partial charge in [-0.3, -0.25) is 9.59 Å². The molecule has 0 aromatic heterocycles. The van der Waals surface area contributed by atoms with Gasteiger partial charge in [0.1, 0.15) is 0 Å². The standard InChI is InChI=1S/C19H31N3O2/c1-19(2,3)18(24)21-13-8-12-17(23)20-14-9-15-22(4)16-10-6-5-7-11-16/h5-7,10-11H,8-9,12-15H2,1-4H3,(H,20,23)(H,21,24). The maximum absolute atomic E-state index is 11.8. The van der Waals surface area contributed by atoms with E-state index < -0.39 is 0 Å². The summed E-state index contributed by atoms with van der Waals surface area (Å²) in [5, 5.41) is 5.78.